The van der Waals surface area contributed by atoms with Crippen LogP contribution < -0.4 is 43.7 Å². The van der Waals surface area contributed by atoms with Gasteiger partial charge in [-0.05, 0) is 101 Å². The van der Waals surface area contributed by atoms with Crippen LogP contribution in [0.3, 0.4) is 0 Å². The molecule has 0 saturated heterocycles. The third-order valence-electron chi connectivity index (χ3n) is 15.1. The Hall–Kier alpha value is -5.92. The molecule has 0 unspecified atom stereocenters. The van der Waals surface area contributed by atoms with E-state index in [0.717, 1.165) is 27.3 Å². The zero-order valence-corrected chi connectivity index (χ0v) is 36.5. The maximum Gasteiger partial charge on any atom is 0.143 e. The molecule has 10 aromatic rings. The minimum atomic E-state index is -0.0863. The monoisotopic (exact) mass is 758 g/mol. The van der Waals surface area contributed by atoms with E-state index in [2.05, 4.69) is 198 Å². The molecular formula is C51H42B8O. The smallest absolute Gasteiger partial charge is 0.143 e. The van der Waals surface area contributed by atoms with Crippen molar-refractivity contribution in [3.8, 4) is 44.5 Å². The molecule has 9 aromatic carbocycles. The number of furan rings is 1. The van der Waals surface area contributed by atoms with Crippen LogP contribution in [0.15, 0.2) is 126 Å². The van der Waals surface area contributed by atoms with Gasteiger partial charge in [0, 0.05) is 21.6 Å². The van der Waals surface area contributed by atoms with E-state index in [-0.39, 0.29) is 5.41 Å². The second-order valence-electron chi connectivity index (χ2n) is 18.2. The minimum absolute atomic E-state index is 0.0863. The quantitative estimate of drug-likeness (QED) is 0.189. The van der Waals surface area contributed by atoms with Crippen molar-refractivity contribution in [3.63, 3.8) is 0 Å². The summed E-state index contributed by atoms with van der Waals surface area (Å²) in [6, 6.07) is 45.3. The van der Waals surface area contributed by atoms with Gasteiger partial charge < -0.3 is 4.42 Å². The van der Waals surface area contributed by atoms with Crippen LogP contribution in [0.2, 0.25) is 0 Å². The molecule has 0 atom stereocenters. The van der Waals surface area contributed by atoms with Crippen molar-refractivity contribution in [1.29, 1.82) is 0 Å². The number of fused-ring (bicyclic) bond motifs is 10. The van der Waals surface area contributed by atoms with E-state index < -0.39 is 0 Å². The molecule has 9 heteroatoms. The van der Waals surface area contributed by atoms with Crippen molar-refractivity contribution >= 4 is 161 Å². The van der Waals surface area contributed by atoms with Crippen molar-refractivity contribution in [3.05, 3.63) is 132 Å². The molecule has 11 rings (SSSR count). The van der Waals surface area contributed by atoms with E-state index in [4.69, 9.17) is 4.42 Å². The molecule has 0 saturated carbocycles. The van der Waals surface area contributed by atoms with Crippen molar-refractivity contribution in [2.24, 2.45) is 0 Å². The van der Waals surface area contributed by atoms with Crippen molar-refractivity contribution in [2.45, 2.75) is 19.3 Å². The Bertz CT molecular complexity index is 3470. The van der Waals surface area contributed by atoms with Gasteiger partial charge in [0.1, 0.15) is 73.9 Å². The second-order valence-corrected chi connectivity index (χ2v) is 18.2. The SMILES string of the molecule is Bc1c(B)c(B)c2c(-c3ccc4oc5c6ccccc6ccc5c4c3)c3c(B)c(B)c(B)c(B)c3c(-c3ccc(-c4cccc5c4C(C)(C)c4ccccc4-5)cc3)c2c1B. The van der Waals surface area contributed by atoms with Gasteiger partial charge in [-0.3, -0.25) is 0 Å². The number of rotatable bonds is 3. The summed E-state index contributed by atoms with van der Waals surface area (Å²) in [4.78, 5) is 0. The third-order valence-corrected chi connectivity index (χ3v) is 15.1. The molecular weight excluding hydrogens is 715 g/mol. The molecule has 60 heavy (non-hydrogen) atoms. The fourth-order valence-electron chi connectivity index (χ4n) is 11.3. The summed E-state index contributed by atoms with van der Waals surface area (Å²) in [5, 5.41) is 10.1. The van der Waals surface area contributed by atoms with E-state index >= 15 is 0 Å². The van der Waals surface area contributed by atoms with Crippen LogP contribution in [0.25, 0.3) is 98.8 Å². The lowest BCUT2D eigenvalue weighted by Gasteiger charge is -2.28. The Balaban J connectivity index is 1.21. The van der Waals surface area contributed by atoms with Gasteiger partial charge in [-0.2, -0.15) is 0 Å². The zero-order chi connectivity index (χ0) is 41.5. The van der Waals surface area contributed by atoms with E-state index in [1.807, 2.05) is 0 Å². The van der Waals surface area contributed by atoms with Crippen LogP contribution in [-0.4, -0.2) is 62.8 Å². The maximum atomic E-state index is 6.66. The first-order chi connectivity index (χ1) is 28.9. The fourth-order valence-corrected chi connectivity index (χ4v) is 11.3. The summed E-state index contributed by atoms with van der Waals surface area (Å²) in [7, 11) is 18.7. The molecule has 0 spiro atoms. The van der Waals surface area contributed by atoms with Gasteiger partial charge in [-0.1, -0.05) is 139 Å². The third kappa shape index (κ3) is 4.93. The second kappa shape index (κ2) is 13.0. The highest BCUT2D eigenvalue weighted by atomic mass is 16.3. The lowest BCUT2D eigenvalue weighted by molar-refractivity contribution is 0.662. The first-order valence-corrected chi connectivity index (χ1v) is 21.5. The minimum Gasteiger partial charge on any atom is -0.455 e. The highest BCUT2D eigenvalue weighted by molar-refractivity contribution is 6.71. The average Bonchev–Trinajstić information content (AvgIpc) is 3.77. The molecule has 1 nitrogen and oxygen atoms in total. The van der Waals surface area contributed by atoms with Crippen molar-refractivity contribution in [1.82, 2.24) is 0 Å². The maximum absolute atomic E-state index is 6.66. The summed E-state index contributed by atoms with van der Waals surface area (Å²) in [6.45, 7) is 4.77. The first kappa shape index (κ1) is 37.1. The van der Waals surface area contributed by atoms with Gasteiger partial charge in [0.05, 0.1) is 0 Å². The highest BCUT2D eigenvalue weighted by Crippen LogP contribution is 2.52. The summed E-state index contributed by atoms with van der Waals surface area (Å²) in [6.07, 6.45) is 0. The van der Waals surface area contributed by atoms with Gasteiger partial charge in [0.15, 0.2) is 0 Å². The summed E-state index contributed by atoms with van der Waals surface area (Å²) in [5.74, 6) is 0. The molecule has 0 aliphatic heterocycles. The molecule has 0 N–H and O–H groups in total. The lowest BCUT2D eigenvalue weighted by Crippen LogP contribution is -2.50. The molecule has 1 aliphatic carbocycles. The first-order valence-electron chi connectivity index (χ1n) is 21.5. The fraction of sp³-hybridized carbons (Fsp3) is 0.0588. The van der Waals surface area contributed by atoms with Gasteiger partial charge in [0.2, 0.25) is 0 Å². The Morgan fingerprint density at radius 3 is 1.57 bits per heavy atom. The van der Waals surface area contributed by atoms with Crippen molar-refractivity contribution < 1.29 is 4.42 Å². The molecule has 0 fully saturated rings. The van der Waals surface area contributed by atoms with Crippen molar-refractivity contribution in [2.75, 3.05) is 0 Å². The van der Waals surface area contributed by atoms with Crippen LogP contribution in [0.1, 0.15) is 25.0 Å². The zero-order valence-electron chi connectivity index (χ0n) is 36.5. The number of hydrogen-bond donors (Lipinski definition) is 0. The number of benzene rings is 9. The predicted octanol–water partition coefficient (Wildman–Crippen LogP) is 0.420. The summed E-state index contributed by atoms with van der Waals surface area (Å²) < 4.78 is 6.66. The molecule has 1 aliphatic rings. The van der Waals surface area contributed by atoms with E-state index in [1.165, 1.54) is 126 Å². The van der Waals surface area contributed by atoms with Crippen LogP contribution in [0.4, 0.5) is 0 Å². The Morgan fingerprint density at radius 1 is 0.400 bits per heavy atom. The lowest BCUT2D eigenvalue weighted by atomic mass is 9.59. The number of hydrogen-bond acceptors (Lipinski definition) is 1. The molecule has 1 heterocycles. The normalized spacial score (nSPS) is 13.2. The van der Waals surface area contributed by atoms with Gasteiger partial charge in [-0.15, -0.1) is 21.9 Å². The Labute approximate surface area is 359 Å². The van der Waals surface area contributed by atoms with E-state index in [9.17, 15) is 0 Å². The molecule has 1 aromatic heterocycles. The van der Waals surface area contributed by atoms with Crippen LogP contribution in [-0.2, 0) is 5.41 Å². The van der Waals surface area contributed by atoms with Crippen LogP contribution in [0, 0.1) is 0 Å². The molecule has 0 amide bonds. The average molecular weight is 757 g/mol. The standard InChI is InChI=1S/C51H42B8O/c1-51(2)33-13-6-5-10-29(33)30-12-7-11-27(41(30)51)24-14-16-25(17-15-24)35-37-39(44(54)48(58)46(56)42(37)52)36(40-38(35)43(53)47(57)49(59)45(40)55)26-19-21-34-32(22-26)31-20-18-23-8-3-4-9-28(23)50(31)60-34/h3-22H,52-59H2,1-2H3. The summed E-state index contributed by atoms with van der Waals surface area (Å²) in [5.41, 5.74) is 25.9. The van der Waals surface area contributed by atoms with Gasteiger partial charge in [0.25, 0.3) is 0 Å². The Morgan fingerprint density at radius 2 is 0.917 bits per heavy atom. The molecule has 0 radical (unpaired) electrons. The van der Waals surface area contributed by atoms with Crippen LogP contribution in [0.5, 0.6) is 0 Å². The van der Waals surface area contributed by atoms with Gasteiger partial charge in [-0.25, -0.2) is 0 Å². The van der Waals surface area contributed by atoms with Gasteiger partial charge >= 0.3 is 0 Å². The van der Waals surface area contributed by atoms with E-state index in [0.29, 0.717) is 0 Å². The summed E-state index contributed by atoms with van der Waals surface area (Å²) >= 11 is 0. The van der Waals surface area contributed by atoms with Crippen LogP contribution >= 0.6 is 0 Å². The Kier molecular flexibility index (Phi) is 8.06. The molecule has 0 bridgehead atoms. The van der Waals surface area contributed by atoms with E-state index in [1.54, 1.807) is 0 Å². The highest BCUT2D eigenvalue weighted by Gasteiger charge is 2.37. The largest absolute Gasteiger partial charge is 0.455 e. The predicted molar refractivity (Wildman–Crippen MR) is 286 cm³/mol. The molecule has 276 valence electrons. The topological polar surface area (TPSA) is 13.1 Å².